The summed E-state index contributed by atoms with van der Waals surface area (Å²) in [4.78, 5) is 4.08. The molecule has 17 heavy (non-hydrogen) atoms. The number of hydrogen-bond acceptors (Lipinski definition) is 3. The fourth-order valence-corrected chi connectivity index (χ4v) is 2.08. The van der Waals surface area contributed by atoms with Gasteiger partial charge in [0.2, 0.25) is 0 Å². The third-order valence-electron chi connectivity index (χ3n) is 2.11. The van der Waals surface area contributed by atoms with Gasteiger partial charge in [0.1, 0.15) is 0 Å². The van der Waals surface area contributed by atoms with Gasteiger partial charge in [-0.2, -0.15) is 0 Å². The Morgan fingerprint density at radius 3 is 2.82 bits per heavy atom. The molecule has 1 N–H and O–H groups in total. The van der Waals surface area contributed by atoms with Crippen LogP contribution in [0.5, 0.6) is 0 Å². The molecule has 0 unspecified atom stereocenters. The molecule has 90 valence electrons. The number of aromatic nitrogens is 2. The van der Waals surface area contributed by atoms with Crippen molar-refractivity contribution in [3.05, 3.63) is 42.2 Å². The van der Waals surface area contributed by atoms with Crippen molar-refractivity contribution in [2.24, 2.45) is 0 Å². The van der Waals surface area contributed by atoms with Gasteiger partial charge in [-0.05, 0) is 12.1 Å². The number of nitrogens with zero attached hydrogens (tertiary/aromatic N) is 2. The minimum Gasteiger partial charge on any atom is -0.396 e. The molecule has 0 amide bonds. The molecule has 2 aromatic rings. The topological polar surface area (TPSA) is 38.1 Å². The molecule has 1 aromatic carbocycles. The average molecular weight is 256 g/mol. The van der Waals surface area contributed by atoms with Crippen LogP contribution in [0.2, 0.25) is 0 Å². The minimum atomic E-state index is -0.894. The second-order valence-electron chi connectivity index (χ2n) is 3.25. The molecule has 0 atom stereocenters. The molecule has 0 aliphatic heterocycles. The highest BCUT2D eigenvalue weighted by Gasteiger charge is 2.08. The van der Waals surface area contributed by atoms with Crippen molar-refractivity contribution >= 4 is 11.8 Å². The maximum atomic E-state index is 13.1. The van der Waals surface area contributed by atoms with Gasteiger partial charge in [-0.15, -0.1) is 0 Å². The fourth-order valence-electron chi connectivity index (χ4n) is 1.36. The predicted molar refractivity (Wildman–Crippen MR) is 61.3 cm³/mol. The second kappa shape index (κ2) is 5.29. The Hall–Kier alpha value is -1.40. The Kier molecular flexibility index (Phi) is 3.75. The summed E-state index contributed by atoms with van der Waals surface area (Å²) < 4.78 is 27.5. The predicted octanol–water partition coefficient (Wildman–Crippen LogP) is 2.23. The molecule has 3 nitrogen and oxygen atoms in total. The van der Waals surface area contributed by atoms with E-state index < -0.39 is 11.6 Å². The van der Waals surface area contributed by atoms with Crippen LogP contribution in [0.15, 0.2) is 35.7 Å². The van der Waals surface area contributed by atoms with Crippen molar-refractivity contribution in [2.75, 3.05) is 12.4 Å². The summed E-state index contributed by atoms with van der Waals surface area (Å²) in [6.07, 6.45) is 3.23. The van der Waals surface area contributed by atoms with Crippen LogP contribution in [-0.2, 0) is 0 Å². The Balaban J connectivity index is 2.32. The van der Waals surface area contributed by atoms with E-state index in [9.17, 15) is 8.78 Å². The number of aliphatic hydroxyl groups is 1. The zero-order valence-electron chi connectivity index (χ0n) is 8.81. The summed E-state index contributed by atoms with van der Waals surface area (Å²) in [6.45, 7) is 0.0370. The third-order valence-corrected chi connectivity index (χ3v) is 3.06. The van der Waals surface area contributed by atoms with E-state index in [1.807, 2.05) is 0 Å². The first-order valence-corrected chi connectivity index (χ1v) is 5.93. The third kappa shape index (κ3) is 2.65. The molecular formula is C11H10F2N2OS. The van der Waals surface area contributed by atoms with Crippen LogP contribution in [0.1, 0.15) is 0 Å². The lowest BCUT2D eigenvalue weighted by atomic mass is 10.3. The van der Waals surface area contributed by atoms with Gasteiger partial charge in [0, 0.05) is 24.2 Å². The largest absolute Gasteiger partial charge is 0.396 e. The maximum Gasteiger partial charge on any atom is 0.172 e. The van der Waals surface area contributed by atoms with Crippen molar-refractivity contribution in [1.29, 1.82) is 0 Å². The normalized spacial score (nSPS) is 10.8. The highest BCUT2D eigenvalue weighted by Crippen LogP contribution is 2.21. The van der Waals surface area contributed by atoms with Crippen LogP contribution in [-0.4, -0.2) is 27.0 Å². The van der Waals surface area contributed by atoms with Crippen molar-refractivity contribution < 1.29 is 13.9 Å². The Morgan fingerprint density at radius 2 is 2.12 bits per heavy atom. The van der Waals surface area contributed by atoms with Gasteiger partial charge in [-0.3, -0.25) is 4.57 Å². The summed E-state index contributed by atoms with van der Waals surface area (Å²) in [6, 6.07) is 3.66. The lowest BCUT2D eigenvalue weighted by Gasteiger charge is -2.07. The van der Waals surface area contributed by atoms with Crippen molar-refractivity contribution in [3.8, 4) is 5.69 Å². The summed E-state index contributed by atoms with van der Waals surface area (Å²) in [5, 5.41) is 9.37. The second-order valence-corrected chi connectivity index (χ2v) is 4.31. The van der Waals surface area contributed by atoms with E-state index in [1.54, 1.807) is 17.0 Å². The molecule has 1 heterocycles. The van der Waals surface area contributed by atoms with E-state index in [2.05, 4.69) is 4.98 Å². The quantitative estimate of drug-likeness (QED) is 0.852. The summed E-state index contributed by atoms with van der Waals surface area (Å²) in [5.74, 6) is -1.27. The standard InChI is InChI=1S/C11H10F2N2OS/c12-9-2-1-8(7-10(9)13)15-4-3-14-11(15)17-6-5-16/h1-4,7,16H,5-6H2. The Labute approximate surface area is 101 Å². The molecule has 1 aromatic heterocycles. The molecule has 0 saturated carbocycles. The van der Waals surface area contributed by atoms with E-state index in [0.717, 1.165) is 12.1 Å². The Bertz CT molecular complexity index is 516. The van der Waals surface area contributed by atoms with Crippen LogP contribution in [0.25, 0.3) is 5.69 Å². The molecule has 2 rings (SSSR count). The number of imidazole rings is 1. The summed E-state index contributed by atoms with van der Waals surface area (Å²) in [5.41, 5.74) is 0.502. The molecule has 0 aliphatic rings. The smallest absolute Gasteiger partial charge is 0.172 e. The minimum absolute atomic E-state index is 0.0370. The molecule has 0 aliphatic carbocycles. The van der Waals surface area contributed by atoms with Crippen molar-refractivity contribution in [3.63, 3.8) is 0 Å². The monoisotopic (exact) mass is 256 g/mol. The number of halogens is 2. The van der Waals surface area contributed by atoms with Gasteiger partial charge in [0.25, 0.3) is 0 Å². The van der Waals surface area contributed by atoms with Crippen LogP contribution >= 0.6 is 11.8 Å². The molecule has 0 saturated heterocycles. The average Bonchev–Trinajstić information content (AvgIpc) is 2.78. The van der Waals surface area contributed by atoms with E-state index in [0.29, 0.717) is 16.6 Å². The van der Waals surface area contributed by atoms with E-state index in [-0.39, 0.29) is 6.61 Å². The van der Waals surface area contributed by atoms with Crippen molar-refractivity contribution in [1.82, 2.24) is 9.55 Å². The lowest BCUT2D eigenvalue weighted by Crippen LogP contribution is -1.98. The molecule has 0 fully saturated rings. The van der Waals surface area contributed by atoms with Crippen LogP contribution in [0.4, 0.5) is 8.78 Å². The summed E-state index contributed by atoms with van der Waals surface area (Å²) in [7, 11) is 0. The number of hydrogen-bond donors (Lipinski definition) is 1. The highest BCUT2D eigenvalue weighted by atomic mass is 32.2. The van der Waals surface area contributed by atoms with Crippen LogP contribution in [0, 0.1) is 11.6 Å². The number of aliphatic hydroxyl groups excluding tert-OH is 1. The fraction of sp³-hybridized carbons (Fsp3) is 0.182. The number of rotatable bonds is 4. The maximum absolute atomic E-state index is 13.1. The highest BCUT2D eigenvalue weighted by molar-refractivity contribution is 7.99. The van der Waals surface area contributed by atoms with E-state index in [1.165, 1.54) is 17.8 Å². The van der Waals surface area contributed by atoms with Gasteiger partial charge in [-0.25, -0.2) is 13.8 Å². The molecular weight excluding hydrogens is 246 g/mol. The molecule has 6 heteroatoms. The van der Waals surface area contributed by atoms with E-state index in [4.69, 9.17) is 5.11 Å². The van der Waals surface area contributed by atoms with Gasteiger partial charge in [0.15, 0.2) is 16.8 Å². The first kappa shape index (κ1) is 12.1. The lowest BCUT2D eigenvalue weighted by molar-refractivity contribution is 0.322. The first-order chi connectivity index (χ1) is 8.22. The molecule has 0 radical (unpaired) electrons. The van der Waals surface area contributed by atoms with Gasteiger partial charge >= 0.3 is 0 Å². The number of benzene rings is 1. The van der Waals surface area contributed by atoms with Gasteiger partial charge in [-0.1, -0.05) is 11.8 Å². The molecule has 0 bridgehead atoms. The Morgan fingerprint density at radius 1 is 1.29 bits per heavy atom. The van der Waals surface area contributed by atoms with Crippen LogP contribution in [0.3, 0.4) is 0 Å². The zero-order valence-corrected chi connectivity index (χ0v) is 9.62. The SMILES string of the molecule is OCCSc1nccn1-c1ccc(F)c(F)c1. The van der Waals surface area contributed by atoms with Crippen molar-refractivity contribution in [2.45, 2.75) is 5.16 Å². The van der Waals surface area contributed by atoms with Gasteiger partial charge < -0.3 is 5.11 Å². The first-order valence-electron chi connectivity index (χ1n) is 4.95. The summed E-state index contributed by atoms with van der Waals surface area (Å²) >= 11 is 1.34. The van der Waals surface area contributed by atoms with E-state index >= 15 is 0 Å². The van der Waals surface area contributed by atoms with Gasteiger partial charge in [0.05, 0.1) is 12.3 Å². The molecule has 0 spiro atoms. The van der Waals surface area contributed by atoms with Crippen LogP contribution < -0.4 is 0 Å². The number of thioether (sulfide) groups is 1. The zero-order chi connectivity index (χ0) is 12.3.